The minimum atomic E-state index is 0.342. The van der Waals surface area contributed by atoms with Crippen LogP contribution in [0.25, 0.3) is 0 Å². The van der Waals surface area contributed by atoms with E-state index in [9.17, 15) is 0 Å². The Morgan fingerprint density at radius 3 is 2.50 bits per heavy atom. The van der Waals surface area contributed by atoms with Crippen LogP contribution in [0.1, 0.15) is 18.1 Å². The molecule has 0 saturated heterocycles. The van der Waals surface area contributed by atoms with E-state index in [4.69, 9.17) is 16.3 Å². The molecular formula is C17H20ClNO. The van der Waals surface area contributed by atoms with Crippen molar-refractivity contribution in [3.05, 3.63) is 64.7 Å². The van der Waals surface area contributed by atoms with Crippen molar-refractivity contribution in [2.75, 3.05) is 12.4 Å². The molecule has 3 heteroatoms. The molecule has 2 nitrogen and oxygen atoms in total. The summed E-state index contributed by atoms with van der Waals surface area (Å²) in [5.74, 6) is 0. The molecule has 20 heavy (non-hydrogen) atoms. The average molecular weight is 290 g/mol. The van der Waals surface area contributed by atoms with Crippen molar-refractivity contribution in [3.63, 3.8) is 0 Å². The van der Waals surface area contributed by atoms with Gasteiger partial charge in [-0.25, -0.2) is 0 Å². The SMILES string of the molecule is COCc1ccccc1NC(C)Cc1ccc(Cl)cc1. The number of halogens is 1. The molecule has 0 aromatic heterocycles. The Morgan fingerprint density at radius 2 is 1.80 bits per heavy atom. The lowest BCUT2D eigenvalue weighted by molar-refractivity contribution is 0.185. The monoisotopic (exact) mass is 289 g/mol. The first kappa shape index (κ1) is 14.9. The highest BCUT2D eigenvalue weighted by Gasteiger charge is 2.07. The van der Waals surface area contributed by atoms with E-state index in [0.29, 0.717) is 12.6 Å². The predicted molar refractivity (Wildman–Crippen MR) is 85.4 cm³/mol. The van der Waals surface area contributed by atoms with Crippen LogP contribution in [0, 0.1) is 0 Å². The van der Waals surface area contributed by atoms with Crippen LogP contribution in [0.15, 0.2) is 48.5 Å². The second kappa shape index (κ2) is 7.32. The molecular weight excluding hydrogens is 270 g/mol. The van der Waals surface area contributed by atoms with E-state index >= 15 is 0 Å². The Balaban J connectivity index is 2.00. The highest BCUT2D eigenvalue weighted by atomic mass is 35.5. The molecule has 0 fully saturated rings. The van der Waals surface area contributed by atoms with Crippen LogP contribution < -0.4 is 5.32 Å². The molecule has 0 aliphatic rings. The van der Waals surface area contributed by atoms with E-state index in [2.05, 4.69) is 36.5 Å². The van der Waals surface area contributed by atoms with Crippen LogP contribution in [-0.2, 0) is 17.8 Å². The van der Waals surface area contributed by atoms with Gasteiger partial charge in [-0.1, -0.05) is 41.9 Å². The number of methoxy groups -OCH3 is 1. The molecule has 1 unspecified atom stereocenters. The minimum absolute atomic E-state index is 0.342. The maximum Gasteiger partial charge on any atom is 0.0733 e. The smallest absolute Gasteiger partial charge is 0.0733 e. The third kappa shape index (κ3) is 4.26. The standard InChI is InChI=1S/C17H20ClNO/c1-13(11-14-7-9-16(18)10-8-14)19-17-6-4-3-5-15(17)12-20-2/h3-10,13,19H,11-12H2,1-2H3. The first-order valence-corrected chi connectivity index (χ1v) is 7.14. The van der Waals surface area contributed by atoms with Gasteiger partial charge in [0, 0.05) is 29.4 Å². The van der Waals surface area contributed by atoms with Crippen LogP contribution in [0.4, 0.5) is 5.69 Å². The first-order chi connectivity index (χ1) is 9.69. The van der Waals surface area contributed by atoms with Gasteiger partial charge in [-0.2, -0.15) is 0 Å². The number of para-hydroxylation sites is 1. The Labute approximate surface area is 125 Å². The van der Waals surface area contributed by atoms with Gasteiger partial charge in [0.1, 0.15) is 0 Å². The molecule has 0 saturated carbocycles. The molecule has 0 spiro atoms. The van der Waals surface area contributed by atoms with E-state index in [0.717, 1.165) is 17.1 Å². The molecule has 0 radical (unpaired) electrons. The summed E-state index contributed by atoms with van der Waals surface area (Å²) in [7, 11) is 1.72. The average Bonchev–Trinajstić information content (AvgIpc) is 2.44. The maximum atomic E-state index is 5.90. The van der Waals surface area contributed by atoms with Gasteiger partial charge in [0.25, 0.3) is 0 Å². The van der Waals surface area contributed by atoms with Crippen LogP contribution in [-0.4, -0.2) is 13.2 Å². The topological polar surface area (TPSA) is 21.3 Å². The van der Waals surface area contributed by atoms with E-state index in [1.165, 1.54) is 11.1 Å². The Morgan fingerprint density at radius 1 is 1.10 bits per heavy atom. The number of nitrogens with one attached hydrogen (secondary N) is 1. The molecule has 0 heterocycles. The second-order valence-electron chi connectivity index (χ2n) is 4.97. The third-order valence-corrected chi connectivity index (χ3v) is 3.43. The zero-order valence-electron chi connectivity index (χ0n) is 11.9. The van der Waals surface area contributed by atoms with Crippen molar-refractivity contribution in [2.24, 2.45) is 0 Å². The molecule has 0 amide bonds. The normalized spacial score (nSPS) is 12.2. The lowest BCUT2D eigenvalue weighted by atomic mass is 10.1. The minimum Gasteiger partial charge on any atom is -0.382 e. The molecule has 0 aliphatic heterocycles. The van der Waals surface area contributed by atoms with Crippen molar-refractivity contribution in [1.82, 2.24) is 0 Å². The number of ether oxygens (including phenoxy) is 1. The van der Waals surface area contributed by atoms with Gasteiger partial charge < -0.3 is 10.1 Å². The zero-order chi connectivity index (χ0) is 14.4. The molecule has 2 rings (SSSR count). The van der Waals surface area contributed by atoms with Gasteiger partial charge in [-0.3, -0.25) is 0 Å². The van der Waals surface area contributed by atoms with Gasteiger partial charge in [0.2, 0.25) is 0 Å². The molecule has 106 valence electrons. The predicted octanol–water partition coefficient (Wildman–Crippen LogP) is 4.53. The summed E-state index contributed by atoms with van der Waals surface area (Å²) in [4.78, 5) is 0. The Bertz CT molecular complexity index is 539. The molecule has 0 aliphatic carbocycles. The van der Waals surface area contributed by atoms with Crippen molar-refractivity contribution in [3.8, 4) is 0 Å². The zero-order valence-corrected chi connectivity index (χ0v) is 12.7. The van der Waals surface area contributed by atoms with Crippen molar-refractivity contribution in [2.45, 2.75) is 26.0 Å². The number of hydrogen-bond acceptors (Lipinski definition) is 2. The lowest BCUT2D eigenvalue weighted by Gasteiger charge is -2.18. The van der Waals surface area contributed by atoms with Gasteiger partial charge in [0.15, 0.2) is 0 Å². The Hall–Kier alpha value is -1.51. The van der Waals surface area contributed by atoms with E-state index in [1.54, 1.807) is 7.11 Å². The number of rotatable bonds is 6. The highest BCUT2D eigenvalue weighted by Crippen LogP contribution is 2.18. The Kier molecular flexibility index (Phi) is 5.45. The fourth-order valence-corrected chi connectivity index (χ4v) is 2.36. The summed E-state index contributed by atoms with van der Waals surface area (Å²) in [6.45, 7) is 2.80. The van der Waals surface area contributed by atoms with Crippen molar-refractivity contribution < 1.29 is 4.74 Å². The van der Waals surface area contributed by atoms with E-state index < -0.39 is 0 Å². The van der Waals surface area contributed by atoms with E-state index in [-0.39, 0.29) is 0 Å². The van der Waals surface area contributed by atoms with Gasteiger partial charge in [-0.05, 0) is 37.1 Å². The van der Waals surface area contributed by atoms with Crippen molar-refractivity contribution >= 4 is 17.3 Å². The largest absolute Gasteiger partial charge is 0.382 e. The summed E-state index contributed by atoms with van der Waals surface area (Å²) in [5, 5.41) is 4.32. The third-order valence-electron chi connectivity index (χ3n) is 3.17. The van der Waals surface area contributed by atoms with Crippen LogP contribution in [0.5, 0.6) is 0 Å². The van der Waals surface area contributed by atoms with Crippen LogP contribution >= 0.6 is 11.6 Å². The second-order valence-corrected chi connectivity index (χ2v) is 5.40. The highest BCUT2D eigenvalue weighted by molar-refractivity contribution is 6.30. The molecule has 2 aromatic rings. The molecule has 1 N–H and O–H groups in total. The summed E-state index contributed by atoms with van der Waals surface area (Å²) >= 11 is 5.90. The van der Waals surface area contributed by atoms with Gasteiger partial charge >= 0.3 is 0 Å². The fraction of sp³-hybridized carbons (Fsp3) is 0.294. The molecule has 0 bridgehead atoms. The summed E-state index contributed by atoms with van der Waals surface area (Å²) in [6, 6.07) is 16.6. The van der Waals surface area contributed by atoms with E-state index in [1.807, 2.05) is 24.3 Å². The maximum absolute atomic E-state index is 5.90. The first-order valence-electron chi connectivity index (χ1n) is 6.77. The van der Waals surface area contributed by atoms with Crippen LogP contribution in [0.3, 0.4) is 0 Å². The summed E-state index contributed by atoms with van der Waals surface area (Å²) in [5.41, 5.74) is 3.59. The molecule has 1 atom stereocenters. The fourth-order valence-electron chi connectivity index (χ4n) is 2.23. The summed E-state index contributed by atoms with van der Waals surface area (Å²) in [6.07, 6.45) is 0.957. The summed E-state index contributed by atoms with van der Waals surface area (Å²) < 4.78 is 5.23. The van der Waals surface area contributed by atoms with Gasteiger partial charge in [0.05, 0.1) is 6.61 Å². The van der Waals surface area contributed by atoms with Crippen LogP contribution in [0.2, 0.25) is 5.02 Å². The number of hydrogen-bond donors (Lipinski definition) is 1. The molecule has 2 aromatic carbocycles. The quantitative estimate of drug-likeness (QED) is 0.843. The lowest BCUT2D eigenvalue weighted by Crippen LogP contribution is -2.19. The van der Waals surface area contributed by atoms with Crippen molar-refractivity contribution in [1.29, 1.82) is 0 Å². The number of anilines is 1. The van der Waals surface area contributed by atoms with Gasteiger partial charge in [-0.15, -0.1) is 0 Å². The number of benzene rings is 2.